The number of nitrogens with two attached hydrogens (primary N) is 3. The van der Waals surface area contributed by atoms with Crippen LogP contribution in [0.3, 0.4) is 0 Å². The van der Waals surface area contributed by atoms with Crippen LogP contribution in [0.15, 0.2) is 30.3 Å². The Morgan fingerprint density at radius 3 is 1.68 bits per heavy atom. The number of nitrogens with one attached hydrogen (secondary N) is 3. The third-order valence-electron chi connectivity index (χ3n) is 5.25. The van der Waals surface area contributed by atoms with Crippen molar-refractivity contribution in [2.45, 2.75) is 62.7 Å². The molecule has 38 heavy (non-hydrogen) atoms. The molecule has 208 valence electrons. The topological polar surface area (TPSA) is 274 Å². The molecule has 1 aromatic rings. The summed E-state index contributed by atoms with van der Waals surface area (Å²) in [6.07, 6.45) is -2.25. The van der Waals surface area contributed by atoms with Crippen LogP contribution in [0, 0.1) is 0 Å². The van der Waals surface area contributed by atoms with E-state index in [0.717, 1.165) is 0 Å². The van der Waals surface area contributed by atoms with Crippen molar-refractivity contribution in [3.63, 3.8) is 0 Å². The molecule has 0 fully saturated rings. The van der Waals surface area contributed by atoms with Gasteiger partial charge < -0.3 is 43.4 Å². The summed E-state index contributed by atoms with van der Waals surface area (Å²) in [5, 5.41) is 25.4. The number of amides is 5. The second kappa shape index (κ2) is 15.6. The van der Waals surface area contributed by atoms with Gasteiger partial charge >= 0.3 is 11.9 Å². The first-order valence-corrected chi connectivity index (χ1v) is 11.5. The molecule has 0 aromatic heterocycles. The predicted molar refractivity (Wildman–Crippen MR) is 131 cm³/mol. The van der Waals surface area contributed by atoms with Gasteiger partial charge in [-0.15, -0.1) is 0 Å². The molecule has 0 aliphatic heterocycles. The number of hydrogen-bond donors (Lipinski definition) is 8. The molecule has 0 bridgehead atoms. The van der Waals surface area contributed by atoms with Gasteiger partial charge in [-0.25, -0.2) is 4.79 Å². The van der Waals surface area contributed by atoms with E-state index in [1.165, 1.54) is 0 Å². The molecular weight excluding hydrogens is 504 g/mol. The van der Waals surface area contributed by atoms with Crippen molar-refractivity contribution in [3.05, 3.63) is 35.9 Å². The number of benzene rings is 1. The summed E-state index contributed by atoms with van der Waals surface area (Å²) in [5.74, 6) is -7.25. The Morgan fingerprint density at radius 2 is 1.21 bits per heavy atom. The van der Waals surface area contributed by atoms with Crippen LogP contribution in [0.25, 0.3) is 0 Å². The van der Waals surface area contributed by atoms with Crippen LogP contribution in [0.1, 0.15) is 37.7 Å². The van der Waals surface area contributed by atoms with Gasteiger partial charge in [-0.3, -0.25) is 28.8 Å². The molecule has 0 aliphatic rings. The Hall–Kier alpha value is -4.53. The summed E-state index contributed by atoms with van der Waals surface area (Å²) in [7, 11) is 0. The molecule has 1 aromatic carbocycles. The lowest BCUT2D eigenvalue weighted by molar-refractivity contribution is -0.142. The van der Waals surface area contributed by atoms with E-state index >= 15 is 0 Å². The third kappa shape index (κ3) is 11.9. The van der Waals surface area contributed by atoms with Gasteiger partial charge in [0.15, 0.2) is 0 Å². The number of carboxylic acid groups (broad SMARTS) is 2. The number of hydrogen-bond acceptors (Lipinski definition) is 8. The van der Waals surface area contributed by atoms with E-state index in [4.69, 9.17) is 22.3 Å². The SMILES string of the molecule is NC(=O)CCC(NC(=O)C(CCC(=O)O)NC(=O)C(N)CC(N)=O)C(=O)NC(Cc1ccccc1)C(=O)O. The van der Waals surface area contributed by atoms with Crippen molar-refractivity contribution in [1.29, 1.82) is 0 Å². The summed E-state index contributed by atoms with van der Waals surface area (Å²) < 4.78 is 0. The van der Waals surface area contributed by atoms with Crippen LogP contribution in [0.4, 0.5) is 0 Å². The molecule has 0 radical (unpaired) electrons. The highest BCUT2D eigenvalue weighted by molar-refractivity contribution is 5.95. The van der Waals surface area contributed by atoms with Crippen molar-refractivity contribution < 1.29 is 43.8 Å². The lowest BCUT2D eigenvalue weighted by Gasteiger charge is -2.25. The number of rotatable bonds is 17. The summed E-state index contributed by atoms with van der Waals surface area (Å²) >= 11 is 0. The maximum atomic E-state index is 12.9. The largest absolute Gasteiger partial charge is 0.481 e. The quantitative estimate of drug-likeness (QED) is 0.100. The second-order valence-corrected chi connectivity index (χ2v) is 8.43. The van der Waals surface area contributed by atoms with Gasteiger partial charge in [0.1, 0.15) is 18.1 Å². The van der Waals surface area contributed by atoms with Crippen LogP contribution in [0.2, 0.25) is 0 Å². The Balaban J connectivity index is 3.07. The molecule has 15 heteroatoms. The average molecular weight is 537 g/mol. The number of aliphatic carboxylic acids is 2. The van der Waals surface area contributed by atoms with Crippen LogP contribution < -0.4 is 33.2 Å². The van der Waals surface area contributed by atoms with Gasteiger partial charge in [-0.05, 0) is 18.4 Å². The monoisotopic (exact) mass is 536 g/mol. The Morgan fingerprint density at radius 1 is 0.711 bits per heavy atom. The van der Waals surface area contributed by atoms with Gasteiger partial charge in [0, 0.05) is 19.3 Å². The molecular formula is C23H32N6O9. The van der Waals surface area contributed by atoms with Crippen molar-refractivity contribution in [3.8, 4) is 0 Å². The summed E-state index contributed by atoms with van der Waals surface area (Å²) in [4.78, 5) is 83.3. The molecule has 0 saturated carbocycles. The zero-order valence-corrected chi connectivity index (χ0v) is 20.4. The van der Waals surface area contributed by atoms with Gasteiger partial charge in [0.05, 0.1) is 12.5 Å². The van der Waals surface area contributed by atoms with E-state index in [0.29, 0.717) is 5.56 Å². The number of carbonyl (C=O) groups excluding carboxylic acids is 5. The Labute approximate surface area is 217 Å². The number of carbonyl (C=O) groups is 7. The first-order chi connectivity index (χ1) is 17.8. The standard InChI is InChI=1S/C23H32N6O9/c24-13(11-18(26)31)20(34)27-15(7-9-19(32)33)21(35)28-14(6-8-17(25)30)22(36)29-16(23(37)38)10-12-4-2-1-3-5-12/h1-5,13-16H,6-11,24H2,(H2,25,30)(H2,26,31)(H,27,34)(H,28,35)(H,29,36)(H,32,33)(H,37,38). The normalized spacial score (nSPS) is 13.7. The van der Waals surface area contributed by atoms with E-state index in [2.05, 4.69) is 16.0 Å². The van der Waals surface area contributed by atoms with Crippen molar-refractivity contribution in [1.82, 2.24) is 16.0 Å². The van der Waals surface area contributed by atoms with Crippen molar-refractivity contribution >= 4 is 41.5 Å². The predicted octanol–water partition coefficient (Wildman–Crippen LogP) is -2.90. The molecule has 0 aliphatic carbocycles. The molecule has 0 heterocycles. The fourth-order valence-electron chi connectivity index (χ4n) is 3.27. The van der Waals surface area contributed by atoms with E-state index < -0.39 is 84.9 Å². The number of primary amides is 2. The second-order valence-electron chi connectivity index (χ2n) is 8.43. The molecule has 4 unspecified atom stereocenters. The minimum atomic E-state index is -1.50. The highest BCUT2D eigenvalue weighted by Gasteiger charge is 2.31. The lowest BCUT2D eigenvalue weighted by atomic mass is 10.0. The summed E-state index contributed by atoms with van der Waals surface area (Å²) in [6, 6.07) is 2.66. The molecule has 11 N–H and O–H groups in total. The van der Waals surface area contributed by atoms with E-state index in [9.17, 15) is 38.7 Å². The molecule has 0 saturated heterocycles. The van der Waals surface area contributed by atoms with Crippen molar-refractivity contribution in [2.75, 3.05) is 0 Å². The van der Waals surface area contributed by atoms with Crippen LogP contribution in [-0.4, -0.2) is 75.9 Å². The summed E-state index contributed by atoms with van der Waals surface area (Å²) in [6.45, 7) is 0. The van der Waals surface area contributed by atoms with Gasteiger partial charge in [0.25, 0.3) is 0 Å². The molecule has 15 nitrogen and oxygen atoms in total. The third-order valence-corrected chi connectivity index (χ3v) is 5.25. The van der Waals surface area contributed by atoms with Crippen LogP contribution in [0.5, 0.6) is 0 Å². The fraction of sp³-hybridized carbons (Fsp3) is 0.435. The number of carboxylic acids is 2. The van der Waals surface area contributed by atoms with E-state index in [-0.39, 0.29) is 19.3 Å². The first-order valence-electron chi connectivity index (χ1n) is 11.5. The Kier molecular flexibility index (Phi) is 12.9. The Bertz CT molecular complexity index is 1030. The molecule has 1 rings (SSSR count). The zero-order valence-electron chi connectivity index (χ0n) is 20.4. The maximum absolute atomic E-state index is 12.9. The minimum Gasteiger partial charge on any atom is -0.481 e. The highest BCUT2D eigenvalue weighted by Crippen LogP contribution is 2.07. The minimum absolute atomic E-state index is 0.0759. The first kappa shape index (κ1) is 31.5. The summed E-state index contributed by atoms with van der Waals surface area (Å²) in [5.41, 5.74) is 16.3. The zero-order chi connectivity index (χ0) is 28.8. The molecule has 0 spiro atoms. The fourth-order valence-corrected chi connectivity index (χ4v) is 3.27. The van der Waals surface area contributed by atoms with Crippen LogP contribution in [-0.2, 0) is 40.0 Å². The molecule has 5 amide bonds. The highest BCUT2D eigenvalue weighted by atomic mass is 16.4. The van der Waals surface area contributed by atoms with E-state index in [1.54, 1.807) is 30.3 Å². The smallest absolute Gasteiger partial charge is 0.326 e. The van der Waals surface area contributed by atoms with Gasteiger partial charge in [-0.2, -0.15) is 0 Å². The average Bonchev–Trinajstić information content (AvgIpc) is 2.83. The van der Waals surface area contributed by atoms with Gasteiger partial charge in [0.2, 0.25) is 29.5 Å². The molecule has 4 atom stereocenters. The van der Waals surface area contributed by atoms with Crippen molar-refractivity contribution in [2.24, 2.45) is 17.2 Å². The van der Waals surface area contributed by atoms with Crippen LogP contribution >= 0.6 is 0 Å². The lowest BCUT2D eigenvalue weighted by Crippen LogP contribution is -2.57. The van der Waals surface area contributed by atoms with E-state index in [1.807, 2.05) is 0 Å². The maximum Gasteiger partial charge on any atom is 0.326 e. The van der Waals surface area contributed by atoms with Gasteiger partial charge in [-0.1, -0.05) is 30.3 Å².